The van der Waals surface area contributed by atoms with E-state index in [1.807, 2.05) is 12.1 Å². The lowest BCUT2D eigenvalue weighted by Crippen LogP contribution is -2.38. The van der Waals surface area contributed by atoms with Crippen LogP contribution in [0.4, 0.5) is 0 Å². The fourth-order valence-electron chi connectivity index (χ4n) is 1.86. The van der Waals surface area contributed by atoms with Gasteiger partial charge in [-0.3, -0.25) is 9.59 Å². The minimum absolute atomic E-state index is 0.0351. The molecule has 0 saturated heterocycles. The van der Waals surface area contributed by atoms with Crippen molar-refractivity contribution in [2.75, 3.05) is 13.2 Å². The van der Waals surface area contributed by atoms with Gasteiger partial charge in [-0.05, 0) is 44.0 Å². The van der Waals surface area contributed by atoms with E-state index in [0.29, 0.717) is 12.2 Å². The van der Waals surface area contributed by atoms with Crippen LogP contribution in [0.25, 0.3) is 0 Å². The monoisotopic (exact) mass is 325 g/mol. The number of benzene rings is 1. The summed E-state index contributed by atoms with van der Waals surface area (Å²) in [5, 5.41) is 0. The van der Waals surface area contributed by atoms with Gasteiger partial charge in [-0.1, -0.05) is 15.9 Å². The molecule has 0 unspecified atom stereocenters. The van der Waals surface area contributed by atoms with E-state index in [2.05, 4.69) is 15.9 Å². The summed E-state index contributed by atoms with van der Waals surface area (Å²) in [7, 11) is 0. The Bertz CT molecular complexity index is 468. The molecule has 5 heteroatoms. The first kappa shape index (κ1) is 14.1. The number of rotatable bonds is 5. The van der Waals surface area contributed by atoms with Crippen LogP contribution in [0.3, 0.4) is 0 Å². The molecule has 0 aliphatic heterocycles. The van der Waals surface area contributed by atoms with Gasteiger partial charge >= 0.3 is 5.97 Å². The van der Waals surface area contributed by atoms with Gasteiger partial charge in [-0.15, -0.1) is 0 Å². The normalized spacial score (nSPS) is 14.0. The summed E-state index contributed by atoms with van der Waals surface area (Å²) in [6, 6.07) is 7.34. The molecule has 1 aromatic carbocycles. The quantitative estimate of drug-likeness (QED) is 0.782. The topological polar surface area (TPSA) is 46.6 Å². The number of carbonyl (C=O) groups excluding carboxylic acids is 2. The molecule has 4 nitrogen and oxygen atoms in total. The van der Waals surface area contributed by atoms with Crippen molar-refractivity contribution >= 4 is 27.8 Å². The van der Waals surface area contributed by atoms with E-state index < -0.39 is 0 Å². The highest BCUT2D eigenvalue weighted by molar-refractivity contribution is 9.10. The zero-order valence-electron chi connectivity index (χ0n) is 10.8. The molecule has 1 aliphatic carbocycles. The number of amides is 1. The van der Waals surface area contributed by atoms with Gasteiger partial charge in [0, 0.05) is 16.1 Å². The van der Waals surface area contributed by atoms with E-state index in [9.17, 15) is 9.59 Å². The Morgan fingerprint density at radius 3 is 2.47 bits per heavy atom. The van der Waals surface area contributed by atoms with Gasteiger partial charge in [0.25, 0.3) is 5.91 Å². The number of ether oxygens (including phenoxy) is 1. The van der Waals surface area contributed by atoms with Gasteiger partial charge in [0.05, 0.1) is 6.61 Å². The van der Waals surface area contributed by atoms with Gasteiger partial charge in [0.15, 0.2) is 0 Å². The van der Waals surface area contributed by atoms with Crippen molar-refractivity contribution in [1.29, 1.82) is 0 Å². The first-order valence-corrected chi connectivity index (χ1v) is 7.13. The van der Waals surface area contributed by atoms with Gasteiger partial charge < -0.3 is 9.64 Å². The minimum Gasteiger partial charge on any atom is -0.465 e. The molecular weight excluding hydrogens is 310 g/mol. The number of hydrogen-bond donors (Lipinski definition) is 0. The lowest BCUT2D eigenvalue weighted by Gasteiger charge is -2.21. The molecular formula is C14H16BrNO3. The molecule has 102 valence electrons. The largest absolute Gasteiger partial charge is 0.465 e. The van der Waals surface area contributed by atoms with Crippen LogP contribution in [0.2, 0.25) is 0 Å². The molecule has 0 spiro atoms. The Labute approximate surface area is 120 Å². The van der Waals surface area contributed by atoms with Crippen LogP contribution >= 0.6 is 15.9 Å². The first-order valence-electron chi connectivity index (χ1n) is 6.34. The van der Waals surface area contributed by atoms with Crippen molar-refractivity contribution in [2.45, 2.75) is 25.8 Å². The van der Waals surface area contributed by atoms with Crippen LogP contribution in [0.5, 0.6) is 0 Å². The molecule has 0 aromatic heterocycles. The second-order valence-corrected chi connectivity index (χ2v) is 5.39. The molecule has 0 atom stereocenters. The highest BCUT2D eigenvalue weighted by Gasteiger charge is 2.34. The first-order chi connectivity index (χ1) is 9.11. The van der Waals surface area contributed by atoms with E-state index in [4.69, 9.17) is 4.74 Å². The van der Waals surface area contributed by atoms with Crippen molar-refractivity contribution in [3.8, 4) is 0 Å². The van der Waals surface area contributed by atoms with Crippen LogP contribution in [-0.2, 0) is 9.53 Å². The average Bonchev–Trinajstić information content (AvgIpc) is 3.21. The molecule has 2 rings (SSSR count). The Kier molecular flexibility index (Phi) is 4.58. The smallest absolute Gasteiger partial charge is 0.325 e. The van der Waals surface area contributed by atoms with E-state index in [0.717, 1.165) is 17.3 Å². The van der Waals surface area contributed by atoms with E-state index in [1.54, 1.807) is 24.0 Å². The fourth-order valence-corrected chi connectivity index (χ4v) is 2.12. The molecule has 1 saturated carbocycles. The number of halogens is 1. The molecule has 1 amide bonds. The van der Waals surface area contributed by atoms with Crippen LogP contribution in [0.1, 0.15) is 30.1 Å². The zero-order chi connectivity index (χ0) is 13.8. The standard InChI is InChI=1S/C14H16BrNO3/c1-2-19-13(17)9-16(12-7-8-12)14(18)10-3-5-11(15)6-4-10/h3-6,12H,2,7-9H2,1H3. The lowest BCUT2D eigenvalue weighted by molar-refractivity contribution is -0.144. The van der Waals surface area contributed by atoms with Crippen LogP contribution in [0, 0.1) is 0 Å². The minimum atomic E-state index is -0.347. The Balaban J connectivity index is 2.08. The molecule has 0 N–H and O–H groups in total. The van der Waals surface area contributed by atoms with Crippen molar-refractivity contribution < 1.29 is 14.3 Å². The van der Waals surface area contributed by atoms with Crippen molar-refractivity contribution in [3.63, 3.8) is 0 Å². The second kappa shape index (κ2) is 6.19. The summed E-state index contributed by atoms with van der Waals surface area (Å²) >= 11 is 3.33. The van der Waals surface area contributed by atoms with Crippen LogP contribution in [0.15, 0.2) is 28.7 Å². The third-order valence-corrected chi connectivity index (χ3v) is 3.47. The van der Waals surface area contributed by atoms with Gasteiger partial charge in [0.1, 0.15) is 6.54 Å². The Morgan fingerprint density at radius 2 is 1.95 bits per heavy atom. The summed E-state index contributed by atoms with van der Waals surface area (Å²) in [6.07, 6.45) is 1.92. The molecule has 19 heavy (non-hydrogen) atoms. The van der Waals surface area contributed by atoms with Crippen LogP contribution < -0.4 is 0 Å². The third-order valence-electron chi connectivity index (χ3n) is 2.94. The fraction of sp³-hybridized carbons (Fsp3) is 0.429. The molecule has 1 aliphatic rings. The molecule has 0 radical (unpaired) electrons. The summed E-state index contributed by atoms with van der Waals surface area (Å²) in [5.74, 6) is -0.456. The summed E-state index contributed by atoms with van der Waals surface area (Å²) < 4.78 is 5.84. The molecule has 0 heterocycles. The van der Waals surface area contributed by atoms with Crippen LogP contribution in [-0.4, -0.2) is 36.0 Å². The highest BCUT2D eigenvalue weighted by atomic mass is 79.9. The van der Waals surface area contributed by atoms with Gasteiger partial charge in [-0.2, -0.15) is 0 Å². The number of hydrogen-bond acceptors (Lipinski definition) is 3. The maximum absolute atomic E-state index is 12.4. The number of carbonyl (C=O) groups is 2. The summed E-state index contributed by atoms with van der Waals surface area (Å²) in [4.78, 5) is 25.5. The molecule has 0 bridgehead atoms. The number of nitrogens with zero attached hydrogens (tertiary/aromatic N) is 1. The predicted molar refractivity (Wildman–Crippen MR) is 74.8 cm³/mol. The summed E-state index contributed by atoms with van der Waals surface area (Å²) in [6.45, 7) is 2.13. The average molecular weight is 326 g/mol. The van der Waals surface area contributed by atoms with Gasteiger partial charge in [0.2, 0.25) is 0 Å². The van der Waals surface area contributed by atoms with Crippen molar-refractivity contribution in [2.24, 2.45) is 0 Å². The predicted octanol–water partition coefficient (Wildman–Crippen LogP) is 2.62. The maximum atomic E-state index is 12.4. The zero-order valence-corrected chi connectivity index (χ0v) is 12.4. The van der Waals surface area contributed by atoms with E-state index in [1.165, 1.54) is 0 Å². The van der Waals surface area contributed by atoms with E-state index in [-0.39, 0.29) is 24.5 Å². The van der Waals surface area contributed by atoms with Gasteiger partial charge in [-0.25, -0.2) is 0 Å². The Morgan fingerprint density at radius 1 is 1.32 bits per heavy atom. The molecule has 1 aromatic rings. The number of esters is 1. The third kappa shape index (κ3) is 3.80. The highest BCUT2D eigenvalue weighted by Crippen LogP contribution is 2.28. The van der Waals surface area contributed by atoms with Crippen molar-refractivity contribution in [1.82, 2.24) is 4.90 Å². The van der Waals surface area contributed by atoms with E-state index >= 15 is 0 Å². The summed E-state index contributed by atoms with van der Waals surface area (Å²) in [5.41, 5.74) is 0.597. The Hall–Kier alpha value is -1.36. The maximum Gasteiger partial charge on any atom is 0.325 e. The second-order valence-electron chi connectivity index (χ2n) is 4.48. The SMILES string of the molecule is CCOC(=O)CN(C(=O)c1ccc(Br)cc1)C1CC1. The van der Waals surface area contributed by atoms with Crippen molar-refractivity contribution in [3.05, 3.63) is 34.3 Å². The lowest BCUT2D eigenvalue weighted by atomic mass is 10.2. The molecule has 1 fully saturated rings.